The first-order chi connectivity index (χ1) is 13.9. The van der Waals surface area contributed by atoms with E-state index in [1.807, 2.05) is 31.2 Å². The molecule has 1 amide bonds. The van der Waals surface area contributed by atoms with Crippen molar-refractivity contribution in [2.45, 2.75) is 37.3 Å². The summed E-state index contributed by atoms with van der Waals surface area (Å²) in [6.45, 7) is 2.77. The molecule has 2 aromatic carbocycles. The molecule has 4 rings (SSSR count). The van der Waals surface area contributed by atoms with Crippen molar-refractivity contribution in [2.24, 2.45) is 0 Å². The van der Waals surface area contributed by atoms with E-state index in [4.69, 9.17) is 4.74 Å². The summed E-state index contributed by atoms with van der Waals surface area (Å²) in [4.78, 5) is 14.2. The number of fused-ring (bicyclic) bond motifs is 1. The Labute approximate surface area is 170 Å². The van der Waals surface area contributed by atoms with Crippen molar-refractivity contribution >= 4 is 21.8 Å². The van der Waals surface area contributed by atoms with Gasteiger partial charge in [0.1, 0.15) is 12.7 Å². The summed E-state index contributed by atoms with van der Waals surface area (Å²) in [5.41, 5.74) is 2.97. The van der Waals surface area contributed by atoms with Crippen molar-refractivity contribution in [3.8, 4) is 6.07 Å². The third-order valence-corrected chi connectivity index (χ3v) is 7.48. The number of carbonyl (C=O) groups is 1. The number of piperidine rings is 1. The first kappa shape index (κ1) is 19.4. The van der Waals surface area contributed by atoms with Crippen LogP contribution in [-0.4, -0.2) is 37.9 Å². The lowest BCUT2D eigenvalue weighted by molar-refractivity contribution is 0.135. The van der Waals surface area contributed by atoms with Crippen LogP contribution in [0.25, 0.3) is 0 Å². The van der Waals surface area contributed by atoms with Crippen LogP contribution < -0.4 is 4.90 Å². The molecule has 0 radical (unpaired) electrons. The molecule has 1 saturated heterocycles. The molecule has 0 aliphatic carbocycles. The quantitative estimate of drug-likeness (QED) is 0.774. The minimum Gasteiger partial charge on any atom is -0.444 e. The standard InChI is InChI=1S/C21H21N3O4S/c1-15-5-4-7-17-14-28-21(25)24(20(15)17)18-9-11-23(12-10-18)29(26,27)19-8-3-2-6-16(19)13-22/h2-8,18H,9-12,14H2,1H3. The number of sulfonamides is 1. The number of aryl methyl sites for hydroxylation is 1. The van der Waals surface area contributed by atoms with Crippen molar-refractivity contribution in [1.82, 2.24) is 4.31 Å². The van der Waals surface area contributed by atoms with Crippen LogP contribution in [0.4, 0.5) is 10.5 Å². The van der Waals surface area contributed by atoms with Crippen molar-refractivity contribution in [3.63, 3.8) is 0 Å². The molecule has 0 N–H and O–H groups in total. The van der Waals surface area contributed by atoms with Gasteiger partial charge in [-0.2, -0.15) is 9.57 Å². The highest BCUT2D eigenvalue weighted by Crippen LogP contribution is 2.35. The molecule has 0 unspecified atom stereocenters. The van der Waals surface area contributed by atoms with E-state index in [0.29, 0.717) is 12.8 Å². The fraction of sp³-hybridized carbons (Fsp3) is 0.333. The number of rotatable bonds is 3. The summed E-state index contributed by atoms with van der Waals surface area (Å²) in [5.74, 6) is 0. The Morgan fingerprint density at radius 2 is 1.83 bits per heavy atom. The largest absolute Gasteiger partial charge is 0.444 e. The second-order valence-corrected chi connectivity index (χ2v) is 9.16. The number of cyclic esters (lactones) is 1. The van der Waals surface area contributed by atoms with Crippen LogP contribution in [0.1, 0.15) is 29.5 Å². The molecule has 7 nitrogen and oxygen atoms in total. The first-order valence-electron chi connectivity index (χ1n) is 9.47. The molecule has 0 spiro atoms. The molecule has 8 heteroatoms. The second-order valence-electron chi connectivity index (χ2n) is 7.25. The van der Waals surface area contributed by atoms with E-state index >= 15 is 0 Å². The number of hydrogen-bond acceptors (Lipinski definition) is 5. The Balaban J connectivity index is 1.57. The molecule has 29 heavy (non-hydrogen) atoms. The molecule has 0 aromatic heterocycles. The van der Waals surface area contributed by atoms with E-state index in [-0.39, 0.29) is 42.3 Å². The highest BCUT2D eigenvalue weighted by atomic mass is 32.2. The van der Waals surface area contributed by atoms with Crippen molar-refractivity contribution in [3.05, 3.63) is 59.2 Å². The van der Waals surface area contributed by atoms with Crippen molar-refractivity contribution < 1.29 is 17.9 Å². The summed E-state index contributed by atoms with van der Waals surface area (Å²) in [6, 6.07) is 13.9. The fourth-order valence-corrected chi connectivity index (χ4v) is 5.69. The minimum absolute atomic E-state index is 0.0273. The van der Waals surface area contributed by atoms with Crippen LogP contribution in [0.3, 0.4) is 0 Å². The van der Waals surface area contributed by atoms with Gasteiger partial charge in [-0.15, -0.1) is 0 Å². The van der Waals surface area contributed by atoms with Crippen molar-refractivity contribution in [1.29, 1.82) is 5.26 Å². The van der Waals surface area contributed by atoms with Gasteiger partial charge in [0, 0.05) is 24.7 Å². The zero-order valence-electron chi connectivity index (χ0n) is 16.0. The van der Waals surface area contributed by atoms with Crippen LogP contribution in [-0.2, 0) is 21.4 Å². The zero-order valence-corrected chi connectivity index (χ0v) is 16.9. The van der Waals surface area contributed by atoms with Gasteiger partial charge in [-0.05, 0) is 37.5 Å². The minimum atomic E-state index is -3.77. The number of anilines is 1. The third kappa shape index (κ3) is 3.37. The summed E-state index contributed by atoms with van der Waals surface area (Å²) in [5, 5.41) is 9.25. The molecule has 2 heterocycles. The number of benzene rings is 2. The Morgan fingerprint density at radius 3 is 2.55 bits per heavy atom. The van der Waals surface area contributed by atoms with Gasteiger partial charge in [-0.1, -0.05) is 30.3 Å². The first-order valence-corrected chi connectivity index (χ1v) is 10.9. The third-order valence-electron chi connectivity index (χ3n) is 5.52. The maximum atomic E-state index is 13.0. The Kier molecular flexibility index (Phi) is 5.03. The van der Waals surface area contributed by atoms with Crippen LogP contribution in [0, 0.1) is 18.3 Å². The highest BCUT2D eigenvalue weighted by molar-refractivity contribution is 7.89. The smallest absolute Gasteiger partial charge is 0.414 e. The van der Waals surface area contributed by atoms with Gasteiger partial charge in [0.25, 0.3) is 0 Å². The molecule has 1 fully saturated rings. The van der Waals surface area contributed by atoms with E-state index in [2.05, 4.69) is 0 Å². The predicted molar refractivity (Wildman–Crippen MR) is 107 cm³/mol. The molecular weight excluding hydrogens is 390 g/mol. The number of ether oxygens (including phenoxy) is 1. The average Bonchev–Trinajstić information content (AvgIpc) is 2.74. The predicted octanol–water partition coefficient (Wildman–Crippen LogP) is 3.18. The lowest BCUT2D eigenvalue weighted by Crippen LogP contribution is -2.50. The van der Waals surface area contributed by atoms with Gasteiger partial charge in [0.2, 0.25) is 10.0 Å². The second kappa shape index (κ2) is 7.50. The summed E-state index contributed by atoms with van der Waals surface area (Å²) < 4.78 is 32.8. The number of carbonyl (C=O) groups excluding carboxylic acids is 1. The van der Waals surface area contributed by atoms with E-state index in [1.54, 1.807) is 17.0 Å². The highest BCUT2D eigenvalue weighted by Gasteiger charge is 2.38. The number of nitriles is 1. The average molecular weight is 411 g/mol. The lowest BCUT2D eigenvalue weighted by atomic mass is 10.00. The SMILES string of the molecule is Cc1cccc2c1N(C1CCN(S(=O)(=O)c3ccccc3C#N)CC1)C(=O)OC2. The normalized spacial score (nSPS) is 18.1. The van der Waals surface area contributed by atoms with Crippen molar-refractivity contribution in [2.75, 3.05) is 18.0 Å². The fourth-order valence-electron chi connectivity index (χ4n) is 4.08. The summed E-state index contributed by atoms with van der Waals surface area (Å²) in [6.07, 6.45) is 0.608. The summed E-state index contributed by atoms with van der Waals surface area (Å²) in [7, 11) is -3.77. The molecule has 2 aliphatic rings. The number of para-hydroxylation sites is 1. The Bertz CT molecular complexity index is 1100. The van der Waals surface area contributed by atoms with Crippen LogP contribution >= 0.6 is 0 Å². The van der Waals surface area contributed by atoms with E-state index in [0.717, 1.165) is 16.8 Å². The zero-order chi connectivity index (χ0) is 20.6. The lowest BCUT2D eigenvalue weighted by Gasteiger charge is -2.40. The van der Waals surface area contributed by atoms with E-state index < -0.39 is 10.0 Å². The van der Waals surface area contributed by atoms with Crippen LogP contribution in [0.15, 0.2) is 47.4 Å². The van der Waals surface area contributed by atoms with Gasteiger partial charge in [-0.25, -0.2) is 13.2 Å². The monoisotopic (exact) mass is 411 g/mol. The molecule has 2 aromatic rings. The van der Waals surface area contributed by atoms with Gasteiger partial charge >= 0.3 is 6.09 Å². The molecule has 150 valence electrons. The maximum Gasteiger partial charge on any atom is 0.414 e. The van der Waals surface area contributed by atoms with Gasteiger partial charge < -0.3 is 4.74 Å². The molecular formula is C21H21N3O4S. The Hall–Kier alpha value is -2.89. The van der Waals surface area contributed by atoms with Gasteiger partial charge in [0.05, 0.1) is 16.1 Å². The number of nitrogens with zero attached hydrogens (tertiary/aromatic N) is 3. The van der Waals surface area contributed by atoms with Gasteiger partial charge in [0.15, 0.2) is 0 Å². The van der Waals surface area contributed by atoms with Gasteiger partial charge in [-0.3, -0.25) is 4.90 Å². The maximum absolute atomic E-state index is 13.0. The number of amides is 1. The Morgan fingerprint density at radius 1 is 1.10 bits per heavy atom. The summed E-state index contributed by atoms with van der Waals surface area (Å²) >= 11 is 0. The van der Waals surface area contributed by atoms with Crippen LogP contribution in [0.5, 0.6) is 0 Å². The molecule has 0 atom stereocenters. The van der Waals surface area contributed by atoms with E-state index in [1.165, 1.54) is 16.4 Å². The van der Waals surface area contributed by atoms with E-state index in [9.17, 15) is 18.5 Å². The molecule has 0 bridgehead atoms. The number of hydrogen-bond donors (Lipinski definition) is 0. The topological polar surface area (TPSA) is 90.7 Å². The molecule has 0 saturated carbocycles. The van der Waals surface area contributed by atoms with Crippen LogP contribution in [0.2, 0.25) is 0 Å². The molecule has 2 aliphatic heterocycles.